The number of morpholine rings is 1. The SMILES string of the molecule is c1coc(-c2cc(N3CCOCC3)no2)c1. The molecule has 0 radical (unpaired) electrons. The third-order valence-corrected chi connectivity index (χ3v) is 2.60. The molecule has 0 unspecified atom stereocenters. The molecule has 1 saturated heterocycles. The number of rotatable bonds is 2. The molecule has 0 bridgehead atoms. The van der Waals surface area contributed by atoms with Crippen LogP contribution in [0, 0.1) is 0 Å². The molecule has 5 nitrogen and oxygen atoms in total. The molecule has 0 saturated carbocycles. The predicted molar refractivity (Wildman–Crippen MR) is 57.2 cm³/mol. The summed E-state index contributed by atoms with van der Waals surface area (Å²) in [6.07, 6.45) is 1.62. The zero-order valence-electron chi connectivity index (χ0n) is 8.76. The monoisotopic (exact) mass is 220 g/mol. The molecule has 16 heavy (non-hydrogen) atoms. The number of hydrogen-bond donors (Lipinski definition) is 0. The summed E-state index contributed by atoms with van der Waals surface area (Å²) in [6.45, 7) is 3.18. The molecule has 0 atom stereocenters. The van der Waals surface area contributed by atoms with Crippen molar-refractivity contribution < 1.29 is 13.7 Å². The molecule has 2 aromatic heterocycles. The van der Waals surface area contributed by atoms with E-state index in [1.54, 1.807) is 6.26 Å². The maximum Gasteiger partial charge on any atom is 0.204 e. The fraction of sp³-hybridized carbons (Fsp3) is 0.364. The number of nitrogens with zero attached hydrogens (tertiary/aromatic N) is 2. The Balaban J connectivity index is 1.82. The average Bonchev–Trinajstić information content (AvgIpc) is 3.01. The van der Waals surface area contributed by atoms with Crippen LogP contribution in [0.3, 0.4) is 0 Å². The lowest BCUT2D eigenvalue weighted by Gasteiger charge is -2.25. The Morgan fingerprint density at radius 1 is 1.19 bits per heavy atom. The molecule has 3 rings (SSSR count). The van der Waals surface area contributed by atoms with Crippen molar-refractivity contribution in [3.63, 3.8) is 0 Å². The lowest BCUT2D eigenvalue weighted by Crippen LogP contribution is -2.36. The van der Waals surface area contributed by atoms with Gasteiger partial charge < -0.3 is 18.6 Å². The van der Waals surface area contributed by atoms with Crippen LogP contribution >= 0.6 is 0 Å². The second-order valence-electron chi connectivity index (χ2n) is 3.63. The first-order valence-electron chi connectivity index (χ1n) is 5.27. The predicted octanol–water partition coefficient (Wildman–Crippen LogP) is 1.77. The van der Waals surface area contributed by atoms with E-state index in [9.17, 15) is 0 Å². The molecule has 0 N–H and O–H groups in total. The van der Waals surface area contributed by atoms with E-state index in [2.05, 4.69) is 10.1 Å². The molecule has 3 heterocycles. The van der Waals surface area contributed by atoms with E-state index in [1.807, 2.05) is 18.2 Å². The van der Waals surface area contributed by atoms with Crippen LogP contribution in [0.5, 0.6) is 0 Å². The van der Waals surface area contributed by atoms with E-state index >= 15 is 0 Å². The van der Waals surface area contributed by atoms with Crippen LogP contribution in [0.15, 0.2) is 33.4 Å². The van der Waals surface area contributed by atoms with Gasteiger partial charge >= 0.3 is 0 Å². The molecule has 0 aromatic carbocycles. The van der Waals surface area contributed by atoms with Gasteiger partial charge in [0.15, 0.2) is 11.6 Å². The smallest absolute Gasteiger partial charge is 0.204 e. The number of aromatic nitrogens is 1. The van der Waals surface area contributed by atoms with Gasteiger partial charge in [0.05, 0.1) is 19.5 Å². The van der Waals surface area contributed by atoms with E-state index in [0.717, 1.165) is 32.1 Å². The third-order valence-electron chi connectivity index (χ3n) is 2.60. The fourth-order valence-corrected chi connectivity index (χ4v) is 1.74. The maximum atomic E-state index is 5.28. The standard InChI is InChI=1S/C11H12N2O3/c1-2-9(15-5-1)10-8-11(12-16-10)13-3-6-14-7-4-13/h1-2,5,8H,3-4,6-7H2. The second kappa shape index (κ2) is 4.02. The number of anilines is 1. The van der Waals surface area contributed by atoms with Gasteiger partial charge in [-0.3, -0.25) is 0 Å². The van der Waals surface area contributed by atoms with E-state index in [4.69, 9.17) is 13.7 Å². The van der Waals surface area contributed by atoms with Crippen molar-refractivity contribution in [2.24, 2.45) is 0 Å². The molecule has 0 amide bonds. The summed E-state index contributed by atoms with van der Waals surface area (Å²) >= 11 is 0. The summed E-state index contributed by atoms with van der Waals surface area (Å²) in [5, 5.41) is 4.03. The first-order chi connectivity index (χ1) is 7.93. The molecular weight excluding hydrogens is 208 g/mol. The highest BCUT2D eigenvalue weighted by atomic mass is 16.5. The maximum absolute atomic E-state index is 5.28. The van der Waals surface area contributed by atoms with Crippen molar-refractivity contribution in [1.29, 1.82) is 0 Å². The van der Waals surface area contributed by atoms with Gasteiger partial charge in [0.25, 0.3) is 0 Å². The van der Waals surface area contributed by atoms with Crippen molar-refractivity contribution in [3.05, 3.63) is 24.5 Å². The van der Waals surface area contributed by atoms with Gasteiger partial charge in [-0.25, -0.2) is 0 Å². The van der Waals surface area contributed by atoms with Gasteiger partial charge in [0.2, 0.25) is 5.76 Å². The first-order valence-corrected chi connectivity index (χ1v) is 5.27. The largest absolute Gasteiger partial charge is 0.461 e. The van der Waals surface area contributed by atoms with Crippen LogP contribution in [0.4, 0.5) is 5.82 Å². The Morgan fingerprint density at radius 2 is 2.06 bits per heavy atom. The van der Waals surface area contributed by atoms with E-state index in [-0.39, 0.29) is 0 Å². The van der Waals surface area contributed by atoms with Crippen molar-refractivity contribution in [3.8, 4) is 11.5 Å². The lowest BCUT2D eigenvalue weighted by atomic mass is 10.3. The van der Waals surface area contributed by atoms with Crippen molar-refractivity contribution >= 4 is 5.82 Å². The Labute approximate surface area is 92.6 Å². The summed E-state index contributed by atoms with van der Waals surface area (Å²) < 4.78 is 15.8. The van der Waals surface area contributed by atoms with E-state index in [1.165, 1.54) is 0 Å². The summed E-state index contributed by atoms with van der Waals surface area (Å²) in [5.41, 5.74) is 0. The highest BCUT2D eigenvalue weighted by Crippen LogP contribution is 2.24. The van der Waals surface area contributed by atoms with Crippen LogP contribution in [-0.2, 0) is 4.74 Å². The minimum Gasteiger partial charge on any atom is -0.461 e. The molecule has 1 fully saturated rings. The molecular formula is C11H12N2O3. The van der Waals surface area contributed by atoms with Gasteiger partial charge in [-0.1, -0.05) is 5.16 Å². The highest BCUT2D eigenvalue weighted by Gasteiger charge is 2.16. The van der Waals surface area contributed by atoms with Crippen molar-refractivity contribution in [2.75, 3.05) is 31.2 Å². The summed E-state index contributed by atoms with van der Waals surface area (Å²) in [4.78, 5) is 2.14. The minimum absolute atomic E-state index is 0.659. The Kier molecular flexibility index (Phi) is 2.38. The van der Waals surface area contributed by atoms with Crippen LogP contribution in [-0.4, -0.2) is 31.5 Å². The van der Waals surface area contributed by atoms with Gasteiger partial charge in [-0.05, 0) is 12.1 Å². The van der Waals surface area contributed by atoms with Gasteiger partial charge in [0.1, 0.15) is 0 Å². The van der Waals surface area contributed by atoms with Crippen molar-refractivity contribution in [2.45, 2.75) is 0 Å². The summed E-state index contributed by atoms with van der Waals surface area (Å²) in [6, 6.07) is 5.57. The van der Waals surface area contributed by atoms with Crippen LogP contribution in [0.25, 0.3) is 11.5 Å². The first kappa shape index (κ1) is 9.47. The minimum atomic E-state index is 0.659. The Hall–Kier alpha value is -1.75. The van der Waals surface area contributed by atoms with Crippen LogP contribution < -0.4 is 4.90 Å². The molecule has 5 heteroatoms. The van der Waals surface area contributed by atoms with Crippen LogP contribution in [0.2, 0.25) is 0 Å². The zero-order valence-corrected chi connectivity index (χ0v) is 8.76. The second-order valence-corrected chi connectivity index (χ2v) is 3.63. The highest BCUT2D eigenvalue weighted by molar-refractivity contribution is 5.55. The topological polar surface area (TPSA) is 51.6 Å². The molecule has 0 spiro atoms. The molecule has 1 aliphatic heterocycles. The van der Waals surface area contributed by atoms with Gasteiger partial charge in [0, 0.05) is 19.2 Å². The van der Waals surface area contributed by atoms with E-state index in [0.29, 0.717) is 11.5 Å². The van der Waals surface area contributed by atoms with Crippen LogP contribution in [0.1, 0.15) is 0 Å². The average molecular weight is 220 g/mol. The quantitative estimate of drug-likeness (QED) is 0.772. The van der Waals surface area contributed by atoms with E-state index < -0.39 is 0 Å². The third kappa shape index (κ3) is 1.69. The molecule has 2 aromatic rings. The van der Waals surface area contributed by atoms with Gasteiger partial charge in [-0.2, -0.15) is 0 Å². The fourth-order valence-electron chi connectivity index (χ4n) is 1.74. The summed E-state index contributed by atoms with van der Waals surface area (Å²) in [5.74, 6) is 2.20. The van der Waals surface area contributed by atoms with Crippen molar-refractivity contribution in [1.82, 2.24) is 5.16 Å². The summed E-state index contributed by atoms with van der Waals surface area (Å²) in [7, 11) is 0. The lowest BCUT2D eigenvalue weighted by molar-refractivity contribution is 0.122. The molecule has 1 aliphatic rings. The van der Waals surface area contributed by atoms with Gasteiger partial charge in [-0.15, -0.1) is 0 Å². The molecule has 0 aliphatic carbocycles. The zero-order chi connectivity index (χ0) is 10.8. The molecule has 84 valence electrons. The number of hydrogen-bond acceptors (Lipinski definition) is 5. The Morgan fingerprint density at radius 3 is 2.81 bits per heavy atom. The Bertz CT molecular complexity index is 444. The normalized spacial score (nSPS) is 16.6. The number of furan rings is 1. The number of ether oxygens (including phenoxy) is 1.